The van der Waals surface area contributed by atoms with Crippen molar-refractivity contribution in [3.63, 3.8) is 0 Å². The number of rotatable bonds is 2. The number of cyclic esters (lactones) is 2. The minimum Gasteiger partial charge on any atom is -0.386 e. The molecule has 12 heavy (non-hydrogen) atoms. The molecule has 1 aliphatic heterocycles. The molecule has 0 aromatic heterocycles. The van der Waals surface area contributed by atoms with Crippen LogP contribution in [0.5, 0.6) is 0 Å². The molecule has 0 unspecified atom stereocenters. The number of carbonyl (C=O) groups excluding carboxylic acids is 2. The fourth-order valence-electron chi connectivity index (χ4n) is 0.929. The first-order chi connectivity index (χ1) is 5.66. The lowest BCUT2D eigenvalue weighted by Gasteiger charge is -1.89. The second-order valence-corrected chi connectivity index (χ2v) is 2.56. The van der Waals surface area contributed by atoms with Gasteiger partial charge in [-0.1, -0.05) is 26.0 Å². The highest BCUT2D eigenvalue weighted by atomic mass is 16.6. The smallest absolute Gasteiger partial charge is 0.346 e. The summed E-state index contributed by atoms with van der Waals surface area (Å²) in [6.45, 7) is 5.44. The molecular formula is C9H10O3. The molecule has 0 radical (unpaired) electrons. The molecule has 1 aliphatic rings. The zero-order valence-corrected chi connectivity index (χ0v) is 6.92. The Morgan fingerprint density at radius 1 is 1.42 bits per heavy atom. The Hall–Kier alpha value is -1.38. The number of allylic oxidation sites excluding steroid dienone is 1. The summed E-state index contributed by atoms with van der Waals surface area (Å²) in [5.41, 5.74) is 0.496. The van der Waals surface area contributed by atoms with Crippen molar-refractivity contribution in [2.45, 2.75) is 19.8 Å². The molecule has 64 valence electrons. The van der Waals surface area contributed by atoms with Crippen molar-refractivity contribution < 1.29 is 14.3 Å². The Bertz CT molecular complexity index is 273. The largest absolute Gasteiger partial charge is 0.386 e. The Morgan fingerprint density at radius 3 is 2.50 bits per heavy atom. The first kappa shape index (κ1) is 8.71. The van der Waals surface area contributed by atoms with Crippen molar-refractivity contribution >= 4 is 11.9 Å². The van der Waals surface area contributed by atoms with Crippen LogP contribution < -0.4 is 0 Å². The van der Waals surface area contributed by atoms with Gasteiger partial charge >= 0.3 is 11.9 Å². The van der Waals surface area contributed by atoms with E-state index in [2.05, 4.69) is 11.3 Å². The van der Waals surface area contributed by atoms with Crippen LogP contribution in [0.4, 0.5) is 0 Å². The number of ether oxygens (including phenoxy) is 1. The highest BCUT2D eigenvalue weighted by molar-refractivity contribution is 6.17. The van der Waals surface area contributed by atoms with Crippen molar-refractivity contribution in [2.24, 2.45) is 0 Å². The molecule has 1 saturated heterocycles. The summed E-state index contributed by atoms with van der Waals surface area (Å²) in [5.74, 6) is -1.19. The van der Waals surface area contributed by atoms with Gasteiger partial charge < -0.3 is 4.74 Å². The van der Waals surface area contributed by atoms with E-state index in [1.165, 1.54) is 0 Å². The lowest BCUT2D eigenvalue weighted by atomic mass is 10.1. The van der Waals surface area contributed by atoms with Crippen LogP contribution in [0.15, 0.2) is 23.8 Å². The molecular weight excluding hydrogens is 156 g/mol. The first-order valence-corrected chi connectivity index (χ1v) is 3.82. The fraction of sp³-hybridized carbons (Fsp3) is 0.333. The predicted octanol–water partition coefficient (Wildman–Crippen LogP) is 1.35. The van der Waals surface area contributed by atoms with E-state index in [1.807, 2.05) is 6.92 Å². The molecule has 0 aromatic carbocycles. The molecule has 1 fully saturated rings. The Balaban J connectivity index is 2.83. The van der Waals surface area contributed by atoms with Gasteiger partial charge in [0.1, 0.15) is 0 Å². The van der Waals surface area contributed by atoms with E-state index in [0.29, 0.717) is 5.57 Å². The van der Waals surface area contributed by atoms with Gasteiger partial charge in [-0.2, -0.15) is 0 Å². The standard InChI is InChI=1S/C9H10O3/c1-3-4-5-7-6(2)8(10)12-9(7)11/h5H,2-4H2,1H3/b7-5+. The molecule has 0 aliphatic carbocycles. The number of hydrogen-bond acceptors (Lipinski definition) is 3. The molecule has 3 nitrogen and oxygen atoms in total. The molecule has 1 heterocycles. The lowest BCUT2D eigenvalue weighted by Crippen LogP contribution is -1.96. The Morgan fingerprint density at radius 2 is 2.08 bits per heavy atom. The second kappa shape index (κ2) is 3.34. The third-order valence-electron chi connectivity index (χ3n) is 1.61. The van der Waals surface area contributed by atoms with E-state index in [9.17, 15) is 9.59 Å². The van der Waals surface area contributed by atoms with Gasteiger partial charge in [0.05, 0.1) is 11.1 Å². The van der Waals surface area contributed by atoms with E-state index in [0.717, 1.165) is 12.8 Å². The summed E-state index contributed by atoms with van der Waals surface area (Å²) < 4.78 is 4.34. The maximum atomic E-state index is 10.9. The van der Waals surface area contributed by atoms with Crippen LogP contribution in [0.1, 0.15) is 19.8 Å². The number of carbonyl (C=O) groups is 2. The molecule has 0 N–H and O–H groups in total. The summed E-state index contributed by atoms with van der Waals surface area (Å²) in [7, 11) is 0. The van der Waals surface area contributed by atoms with Gasteiger partial charge in [-0.25, -0.2) is 9.59 Å². The van der Waals surface area contributed by atoms with Gasteiger partial charge in [-0.15, -0.1) is 0 Å². The van der Waals surface area contributed by atoms with Crippen LogP contribution >= 0.6 is 0 Å². The summed E-state index contributed by atoms with van der Waals surface area (Å²) in [4.78, 5) is 21.7. The normalized spacial score (nSPS) is 20.4. The Labute approximate surface area is 70.7 Å². The molecule has 1 rings (SSSR count). The van der Waals surface area contributed by atoms with E-state index < -0.39 is 11.9 Å². The third-order valence-corrected chi connectivity index (χ3v) is 1.61. The summed E-state index contributed by atoms with van der Waals surface area (Å²) in [5, 5.41) is 0. The van der Waals surface area contributed by atoms with E-state index >= 15 is 0 Å². The molecule has 0 saturated carbocycles. The zero-order valence-electron chi connectivity index (χ0n) is 6.92. The van der Waals surface area contributed by atoms with Crippen LogP contribution in [0.2, 0.25) is 0 Å². The number of esters is 2. The van der Waals surface area contributed by atoms with Crippen molar-refractivity contribution in [1.82, 2.24) is 0 Å². The van der Waals surface area contributed by atoms with Crippen LogP contribution in [-0.2, 0) is 14.3 Å². The quantitative estimate of drug-likeness (QED) is 0.353. The minimum absolute atomic E-state index is 0.174. The lowest BCUT2D eigenvalue weighted by molar-refractivity contribution is -0.149. The van der Waals surface area contributed by atoms with E-state index in [1.54, 1.807) is 6.08 Å². The zero-order chi connectivity index (χ0) is 9.14. The van der Waals surface area contributed by atoms with Crippen molar-refractivity contribution in [1.29, 1.82) is 0 Å². The molecule has 3 heteroatoms. The highest BCUT2D eigenvalue weighted by Gasteiger charge is 2.30. The highest BCUT2D eigenvalue weighted by Crippen LogP contribution is 2.20. The maximum absolute atomic E-state index is 10.9. The third kappa shape index (κ3) is 1.44. The van der Waals surface area contributed by atoms with Crippen LogP contribution in [0.3, 0.4) is 0 Å². The van der Waals surface area contributed by atoms with Crippen molar-refractivity contribution in [3.8, 4) is 0 Å². The van der Waals surface area contributed by atoms with Crippen molar-refractivity contribution in [3.05, 3.63) is 23.8 Å². The van der Waals surface area contributed by atoms with Crippen LogP contribution in [-0.4, -0.2) is 11.9 Å². The SMILES string of the molecule is C=C1C(=O)OC(=O)/C1=C/CCC. The monoisotopic (exact) mass is 166 g/mol. The van der Waals surface area contributed by atoms with Crippen molar-refractivity contribution in [2.75, 3.05) is 0 Å². The predicted molar refractivity (Wildman–Crippen MR) is 43.2 cm³/mol. The fourth-order valence-corrected chi connectivity index (χ4v) is 0.929. The average Bonchev–Trinajstić information content (AvgIpc) is 2.25. The number of hydrogen-bond donors (Lipinski definition) is 0. The summed E-state index contributed by atoms with van der Waals surface area (Å²) in [6.07, 6.45) is 3.38. The van der Waals surface area contributed by atoms with Gasteiger partial charge in [0.25, 0.3) is 0 Å². The van der Waals surface area contributed by atoms with Gasteiger partial charge in [0.15, 0.2) is 0 Å². The molecule has 0 bridgehead atoms. The summed E-state index contributed by atoms with van der Waals surface area (Å²) in [6, 6.07) is 0. The molecule has 0 atom stereocenters. The molecule has 0 amide bonds. The van der Waals surface area contributed by atoms with E-state index in [4.69, 9.17) is 0 Å². The minimum atomic E-state index is -0.623. The maximum Gasteiger partial charge on any atom is 0.346 e. The average molecular weight is 166 g/mol. The molecule has 0 aromatic rings. The molecule has 0 spiro atoms. The summed E-state index contributed by atoms with van der Waals surface area (Å²) >= 11 is 0. The van der Waals surface area contributed by atoms with Gasteiger partial charge in [-0.05, 0) is 6.42 Å². The van der Waals surface area contributed by atoms with Crippen LogP contribution in [0, 0.1) is 0 Å². The first-order valence-electron chi connectivity index (χ1n) is 3.82. The van der Waals surface area contributed by atoms with E-state index in [-0.39, 0.29) is 5.57 Å². The van der Waals surface area contributed by atoms with Gasteiger partial charge in [0, 0.05) is 0 Å². The van der Waals surface area contributed by atoms with Gasteiger partial charge in [-0.3, -0.25) is 0 Å². The number of unbranched alkanes of at least 4 members (excludes halogenated alkanes) is 1. The van der Waals surface area contributed by atoms with Crippen LogP contribution in [0.25, 0.3) is 0 Å². The topological polar surface area (TPSA) is 43.4 Å². The second-order valence-electron chi connectivity index (χ2n) is 2.56. The Kier molecular flexibility index (Phi) is 2.43. The van der Waals surface area contributed by atoms with Gasteiger partial charge in [0.2, 0.25) is 0 Å².